The van der Waals surface area contributed by atoms with Crippen LogP contribution < -0.4 is 15.4 Å². The number of methoxy groups -OCH3 is 1. The zero-order valence-corrected chi connectivity index (χ0v) is 18.0. The van der Waals surface area contributed by atoms with Gasteiger partial charge in [-0.25, -0.2) is 0 Å². The Labute approximate surface area is 183 Å². The van der Waals surface area contributed by atoms with E-state index >= 15 is 0 Å². The van der Waals surface area contributed by atoms with Crippen LogP contribution in [0.3, 0.4) is 0 Å². The topological polar surface area (TPSA) is 67.4 Å². The number of hydrogen-bond donors (Lipinski definition) is 2. The van der Waals surface area contributed by atoms with Crippen LogP contribution in [0.1, 0.15) is 21.5 Å². The fourth-order valence-electron chi connectivity index (χ4n) is 2.73. The van der Waals surface area contributed by atoms with E-state index < -0.39 is 0 Å². The van der Waals surface area contributed by atoms with Gasteiger partial charge in [-0.05, 0) is 57.4 Å². The molecule has 0 atom stereocenters. The highest BCUT2D eigenvalue weighted by atomic mass is 79.9. The van der Waals surface area contributed by atoms with Crippen LogP contribution in [-0.2, 0) is 11.3 Å². The molecule has 2 amide bonds. The molecule has 3 rings (SSSR count). The van der Waals surface area contributed by atoms with Crippen molar-refractivity contribution >= 4 is 33.8 Å². The fraction of sp³-hybridized carbons (Fsp3) is 0.0833. The smallest absolute Gasteiger partial charge is 0.268 e. The molecule has 0 aromatic heterocycles. The number of halogens is 1. The molecule has 5 nitrogen and oxygen atoms in total. The van der Waals surface area contributed by atoms with Gasteiger partial charge in [0.15, 0.2) is 0 Å². The first-order chi connectivity index (χ1) is 14.6. The van der Waals surface area contributed by atoms with Gasteiger partial charge in [0.2, 0.25) is 0 Å². The summed E-state index contributed by atoms with van der Waals surface area (Å²) in [6.07, 6.45) is 1.63. The highest BCUT2D eigenvalue weighted by Gasteiger charge is 2.16. The third-order valence-electron chi connectivity index (χ3n) is 4.33. The summed E-state index contributed by atoms with van der Waals surface area (Å²) in [7, 11) is 1.59. The summed E-state index contributed by atoms with van der Waals surface area (Å²) < 4.78 is 5.82. The maximum atomic E-state index is 12.9. The van der Waals surface area contributed by atoms with Crippen LogP contribution in [0.5, 0.6) is 5.75 Å². The van der Waals surface area contributed by atoms with E-state index in [9.17, 15) is 9.59 Å². The van der Waals surface area contributed by atoms with Crippen molar-refractivity contribution in [3.8, 4) is 5.75 Å². The zero-order chi connectivity index (χ0) is 21.3. The SMILES string of the molecule is COc1ccc(C=C(NC(=O)c2ccccc2Br)C(=O)NCc2ccccc2)cc1. The van der Waals surface area contributed by atoms with Gasteiger partial charge in [-0.3, -0.25) is 9.59 Å². The lowest BCUT2D eigenvalue weighted by molar-refractivity contribution is -0.117. The molecule has 0 aliphatic heterocycles. The van der Waals surface area contributed by atoms with Gasteiger partial charge in [-0.15, -0.1) is 0 Å². The number of amides is 2. The first-order valence-electron chi connectivity index (χ1n) is 9.30. The van der Waals surface area contributed by atoms with Crippen LogP contribution in [0.25, 0.3) is 6.08 Å². The first kappa shape index (κ1) is 21.3. The third-order valence-corrected chi connectivity index (χ3v) is 5.03. The Hall–Kier alpha value is -3.38. The second-order valence-electron chi connectivity index (χ2n) is 6.43. The fourth-order valence-corrected chi connectivity index (χ4v) is 3.20. The van der Waals surface area contributed by atoms with Gasteiger partial charge in [0, 0.05) is 11.0 Å². The molecular formula is C24H21BrN2O3. The van der Waals surface area contributed by atoms with Gasteiger partial charge in [0.25, 0.3) is 11.8 Å². The lowest BCUT2D eigenvalue weighted by Crippen LogP contribution is -2.34. The molecule has 0 spiro atoms. The molecule has 0 heterocycles. The van der Waals surface area contributed by atoms with E-state index in [4.69, 9.17) is 4.74 Å². The lowest BCUT2D eigenvalue weighted by Gasteiger charge is -2.12. The highest BCUT2D eigenvalue weighted by Crippen LogP contribution is 2.17. The van der Waals surface area contributed by atoms with Crippen molar-refractivity contribution < 1.29 is 14.3 Å². The lowest BCUT2D eigenvalue weighted by atomic mass is 10.1. The van der Waals surface area contributed by atoms with E-state index in [1.807, 2.05) is 48.5 Å². The summed E-state index contributed by atoms with van der Waals surface area (Å²) in [5.74, 6) is -0.0494. The van der Waals surface area contributed by atoms with Crippen molar-refractivity contribution in [2.75, 3.05) is 7.11 Å². The standard InChI is InChI=1S/C24H21BrN2O3/c1-30-19-13-11-17(12-14-19)15-22(24(29)26-16-18-7-3-2-4-8-18)27-23(28)20-9-5-6-10-21(20)25/h2-15H,16H2,1H3,(H,26,29)(H,27,28). The molecule has 2 N–H and O–H groups in total. The van der Waals surface area contributed by atoms with Crippen molar-refractivity contribution in [2.24, 2.45) is 0 Å². The number of ether oxygens (including phenoxy) is 1. The van der Waals surface area contributed by atoms with E-state index in [1.165, 1.54) is 0 Å². The van der Waals surface area contributed by atoms with E-state index in [2.05, 4.69) is 26.6 Å². The summed E-state index contributed by atoms with van der Waals surface area (Å²) in [5.41, 5.74) is 2.31. The molecule has 3 aromatic carbocycles. The van der Waals surface area contributed by atoms with Crippen LogP contribution in [0.4, 0.5) is 0 Å². The Kier molecular flexibility index (Phi) is 7.40. The van der Waals surface area contributed by atoms with Crippen LogP contribution in [0, 0.1) is 0 Å². The Morgan fingerprint density at radius 3 is 2.27 bits per heavy atom. The number of rotatable bonds is 7. The van der Waals surface area contributed by atoms with Crippen LogP contribution >= 0.6 is 15.9 Å². The second kappa shape index (κ2) is 10.4. The molecule has 0 fully saturated rings. The quantitative estimate of drug-likeness (QED) is 0.504. The van der Waals surface area contributed by atoms with Gasteiger partial charge in [-0.1, -0.05) is 54.6 Å². The Morgan fingerprint density at radius 1 is 0.933 bits per heavy atom. The average Bonchev–Trinajstić information content (AvgIpc) is 2.78. The molecule has 0 bridgehead atoms. The number of hydrogen-bond acceptors (Lipinski definition) is 3. The molecule has 0 unspecified atom stereocenters. The normalized spacial score (nSPS) is 10.9. The highest BCUT2D eigenvalue weighted by molar-refractivity contribution is 9.10. The number of carbonyl (C=O) groups is 2. The monoisotopic (exact) mass is 464 g/mol. The van der Waals surface area contributed by atoms with Crippen molar-refractivity contribution in [1.82, 2.24) is 10.6 Å². The average molecular weight is 465 g/mol. The van der Waals surface area contributed by atoms with Crippen LogP contribution in [0.15, 0.2) is 89.0 Å². The minimum Gasteiger partial charge on any atom is -0.497 e. The van der Waals surface area contributed by atoms with E-state index in [-0.39, 0.29) is 17.5 Å². The first-order valence-corrected chi connectivity index (χ1v) is 10.1. The maximum Gasteiger partial charge on any atom is 0.268 e. The van der Waals surface area contributed by atoms with Crippen molar-refractivity contribution in [3.05, 3.63) is 106 Å². The number of carbonyl (C=O) groups excluding carboxylic acids is 2. The summed E-state index contributed by atoms with van der Waals surface area (Å²) in [6, 6.07) is 23.8. The number of benzene rings is 3. The molecule has 6 heteroatoms. The molecule has 3 aromatic rings. The zero-order valence-electron chi connectivity index (χ0n) is 16.4. The Morgan fingerprint density at radius 2 is 1.60 bits per heavy atom. The molecule has 0 radical (unpaired) electrons. The molecule has 152 valence electrons. The Balaban J connectivity index is 1.83. The van der Waals surface area contributed by atoms with E-state index in [0.717, 1.165) is 11.1 Å². The van der Waals surface area contributed by atoms with Gasteiger partial charge in [0.1, 0.15) is 11.4 Å². The van der Waals surface area contributed by atoms with Gasteiger partial charge in [-0.2, -0.15) is 0 Å². The van der Waals surface area contributed by atoms with Crippen molar-refractivity contribution in [1.29, 1.82) is 0 Å². The van der Waals surface area contributed by atoms with Crippen LogP contribution in [0.2, 0.25) is 0 Å². The van der Waals surface area contributed by atoms with Gasteiger partial charge in [0.05, 0.1) is 12.7 Å². The molecular weight excluding hydrogens is 444 g/mol. The summed E-state index contributed by atoms with van der Waals surface area (Å²) in [6.45, 7) is 0.352. The van der Waals surface area contributed by atoms with Crippen molar-refractivity contribution in [2.45, 2.75) is 6.54 Å². The summed E-state index contributed by atoms with van der Waals surface area (Å²) >= 11 is 3.37. The summed E-state index contributed by atoms with van der Waals surface area (Å²) in [4.78, 5) is 25.6. The second-order valence-corrected chi connectivity index (χ2v) is 7.29. The van der Waals surface area contributed by atoms with Gasteiger partial charge >= 0.3 is 0 Å². The molecule has 0 aliphatic rings. The van der Waals surface area contributed by atoms with Gasteiger partial charge < -0.3 is 15.4 Å². The largest absolute Gasteiger partial charge is 0.497 e. The maximum absolute atomic E-state index is 12.9. The molecule has 0 saturated carbocycles. The minimum absolute atomic E-state index is 0.150. The predicted octanol–water partition coefficient (Wildman–Crippen LogP) is 4.55. The third kappa shape index (κ3) is 5.81. The molecule has 0 aliphatic carbocycles. The van der Waals surface area contributed by atoms with E-state index in [1.54, 1.807) is 43.5 Å². The summed E-state index contributed by atoms with van der Waals surface area (Å²) in [5, 5.41) is 5.59. The van der Waals surface area contributed by atoms with E-state index in [0.29, 0.717) is 22.3 Å². The minimum atomic E-state index is -0.380. The molecule has 0 saturated heterocycles. The Bertz CT molecular complexity index is 1050. The van der Waals surface area contributed by atoms with Crippen LogP contribution in [-0.4, -0.2) is 18.9 Å². The molecule has 30 heavy (non-hydrogen) atoms. The predicted molar refractivity (Wildman–Crippen MR) is 121 cm³/mol. The van der Waals surface area contributed by atoms with Crippen molar-refractivity contribution in [3.63, 3.8) is 0 Å². The number of nitrogens with one attached hydrogen (secondary N) is 2.